The van der Waals surface area contributed by atoms with Crippen molar-refractivity contribution in [3.05, 3.63) is 24.3 Å². The molecule has 106 valence electrons. The average molecular weight is 280 g/mol. The molecule has 3 N–H and O–H groups in total. The molecule has 1 amide bonds. The van der Waals surface area contributed by atoms with Crippen molar-refractivity contribution >= 4 is 23.4 Å². The van der Waals surface area contributed by atoms with Gasteiger partial charge in [-0.15, -0.1) is 11.8 Å². The molecule has 3 nitrogen and oxygen atoms in total. The lowest BCUT2D eigenvalue weighted by molar-refractivity contribution is -0.120. The highest BCUT2D eigenvalue weighted by molar-refractivity contribution is 7.98. The maximum absolute atomic E-state index is 12.3. The Morgan fingerprint density at radius 3 is 2.53 bits per heavy atom. The first-order valence-electron chi connectivity index (χ1n) is 6.51. The second-order valence-corrected chi connectivity index (χ2v) is 6.74. The fourth-order valence-corrected chi connectivity index (χ4v) is 2.56. The van der Waals surface area contributed by atoms with E-state index >= 15 is 0 Å². The van der Waals surface area contributed by atoms with Gasteiger partial charge in [0.1, 0.15) is 0 Å². The van der Waals surface area contributed by atoms with Gasteiger partial charge in [-0.25, -0.2) is 0 Å². The quantitative estimate of drug-likeness (QED) is 0.813. The Balaban J connectivity index is 2.77. The summed E-state index contributed by atoms with van der Waals surface area (Å²) < 4.78 is 0. The highest BCUT2D eigenvalue weighted by atomic mass is 32.2. The molecule has 0 aromatic heterocycles. The van der Waals surface area contributed by atoms with Crippen LogP contribution in [0.25, 0.3) is 0 Å². The van der Waals surface area contributed by atoms with Crippen molar-refractivity contribution in [1.82, 2.24) is 0 Å². The zero-order valence-electron chi connectivity index (χ0n) is 12.2. The molecular weight excluding hydrogens is 256 g/mol. The molecular formula is C15H24N2OS. The molecule has 0 saturated heterocycles. The predicted octanol–water partition coefficient (Wildman–Crippen LogP) is 3.36. The van der Waals surface area contributed by atoms with Crippen LogP contribution in [0.4, 0.5) is 5.69 Å². The number of anilines is 1. The van der Waals surface area contributed by atoms with Gasteiger partial charge >= 0.3 is 0 Å². The minimum atomic E-state index is -0.144. The van der Waals surface area contributed by atoms with Gasteiger partial charge in [-0.2, -0.15) is 0 Å². The number of amides is 1. The van der Waals surface area contributed by atoms with Crippen LogP contribution in [-0.2, 0) is 4.79 Å². The SMILES string of the molecule is CSc1ccccc1NC(=O)C(CN)CC(C)(C)C. The van der Waals surface area contributed by atoms with E-state index in [1.807, 2.05) is 30.5 Å². The van der Waals surface area contributed by atoms with Gasteiger partial charge in [0.2, 0.25) is 5.91 Å². The van der Waals surface area contributed by atoms with Crippen molar-refractivity contribution in [1.29, 1.82) is 0 Å². The number of nitrogens with one attached hydrogen (secondary N) is 1. The zero-order chi connectivity index (χ0) is 14.5. The van der Waals surface area contributed by atoms with Crippen molar-refractivity contribution in [2.45, 2.75) is 32.1 Å². The summed E-state index contributed by atoms with van der Waals surface area (Å²) in [5.41, 5.74) is 6.70. The van der Waals surface area contributed by atoms with Crippen LogP contribution in [0.2, 0.25) is 0 Å². The molecule has 1 rings (SSSR count). The molecule has 0 heterocycles. The maximum Gasteiger partial charge on any atom is 0.228 e. The summed E-state index contributed by atoms with van der Waals surface area (Å²) in [7, 11) is 0. The Morgan fingerprint density at radius 1 is 1.37 bits per heavy atom. The first-order chi connectivity index (χ1) is 8.87. The fraction of sp³-hybridized carbons (Fsp3) is 0.533. The molecule has 1 unspecified atom stereocenters. The van der Waals surface area contributed by atoms with Crippen LogP contribution in [0.3, 0.4) is 0 Å². The van der Waals surface area contributed by atoms with E-state index in [1.165, 1.54) is 0 Å². The lowest BCUT2D eigenvalue weighted by atomic mass is 9.84. The van der Waals surface area contributed by atoms with Crippen LogP contribution in [0.15, 0.2) is 29.2 Å². The average Bonchev–Trinajstić information content (AvgIpc) is 2.35. The van der Waals surface area contributed by atoms with Gasteiger partial charge in [0, 0.05) is 11.4 Å². The number of thioether (sulfide) groups is 1. The van der Waals surface area contributed by atoms with Crippen LogP contribution in [0, 0.1) is 11.3 Å². The van der Waals surface area contributed by atoms with E-state index in [2.05, 4.69) is 26.1 Å². The van der Waals surface area contributed by atoms with Gasteiger partial charge in [-0.05, 0) is 30.2 Å². The lowest BCUT2D eigenvalue weighted by Gasteiger charge is -2.24. The molecule has 0 spiro atoms. The monoisotopic (exact) mass is 280 g/mol. The Labute approximate surface area is 120 Å². The summed E-state index contributed by atoms with van der Waals surface area (Å²) in [6.45, 7) is 6.75. The van der Waals surface area contributed by atoms with Crippen molar-refractivity contribution in [2.24, 2.45) is 17.1 Å². The molecule has 0 aliphatic rings. The van der Waals surface area contributed by atoms with Gasteiger partial charge < -0.3 is 11.1 Å². The lowest BCUT2D eigenvalue weighted by Crippen LogP contribution is -2.32. The van der Waals surface area contributed by atoms with E-state index in [0.717, 1.165) is 17.0 Å². The van der Waals surface area contributed by atoms with E-state index in [0.29, 0.717) is 6.54 Å². The Kier molecular flexibility index (Phi) is 5.88. The van der Waals surface area contributed by atoms with Crippen molar-refractivity contribution in [2.75, 3.05) is 18.1 Å². The molecule has 0 aliphatic carbocycles. The Bertz CT molecular complexity index is 426. The van der Waals surface area contributed by atoms with Gasteiger partial charge in [0.05, 0.1) is 11.6 Å². The number of carbonyl (C=O) groups is 1. The van der Waals surface area contributed by atoms with Gasteiger partial charge in [0.15, 0.2) is 0 Å². The molecule has 1 aromatic carbocycles. The standard InChI is InChI=1S/C15H24N2OS/c1-15(2,3)9-11(10-16)14(18)17-12-7-5-6-8-13(12)19-4/h5-8,11H,9-10,16H2,1-4H3,(H,17,18). The number of para-hydroxylation sites is 1. The number of hydrogen-bond donors (Lipinski definition) is 2. The highest BCUT2D eigenvalue weighted by Crippen LogP contribution is 2.27. The van der Waals surface area contributed by atoms with Crippen molar-refractivity contribution in [3.63, 3.8) is 0 Å². The van der Waals surface area contributed by atoms with E-state index in [-0.39, 0.29) is 17.2 Å². The molecule has 1 aromatic rings. The first-order valence-corrected chi connectivity index (χ1v) is 7.74. The summed E-state index contributed by atoms with van der Waals surface area (Å²) >= 11 is 1.62. The minimum absolute atomic E-state index is 0.0129. The second-order valence-electron chi connectivity index (χ2n) is 5.89. The topological polar surface area (TPSA) is 55.1 Å². The Morgan fingerprint density at radius 2 is 2.00 bits per heavy atom. The Hall–Kier alpha value is -1.00. The maximum atomic E-state index is 12.3. The van der Waals surface area contributed by atoms with Gasteiger partial charge in [-0.3, -0.25) is 4.79 Å². The molecule has 0 saturated carbocycles. The molecule has 0 aliphatic heterocycles. The number of rotatable bonds is 5. The zero-order valence-corrected chi connectivity index (χ0v) is 13.0. The fourth-order valence-electron chi connectivity index (χ4n) is 2.00. The van der Waals surface area contributed by atoms with E-state index in [9.17, 15) is 4.79 Å². The summed E-state index contributed by atoms with van der Waals surface area (Å²) in [4.78, 5) is 13.4. The van der Waals surface area contributed by atoms with Crippen LogP contribution in [0.1, 0.15) is 27.2 Å². The third-order valence-electron chi connectivity index (χ3n) is 2.88. The van der Waals surface area contributed by atoms with Crippen LogP contribution >= 0.6 is 11.8 Å². The van der Waals surface area contributed by atoms with Gasteiger partial charge in [0.25, 0.3) is 0 Å². The van der Waals surface area contributed by atoms with Crippen LogP contribution in [-0.4, -0.2) is 18.7 Å². The first kappa shape index (κ1) is 16.1. The largest absolute Gasteiger partial charge is 0.330 e. The normalized spacial score (nSPS) is 13.1. The van der Waals surface area contributed by atoms with E-state index in [1.54, 1.807) is 11.8 Å². The molecule has 19 heavy (non-hydrogen) atoms. The van der Waals surface area contributed by atoms with Gasteiger partial charge in [-0.1, -0.05) is 32.9 Å². The highest BCUT2D eigenvalue weighted by Gasteiger charge is 2.24. The summed E-state index contributed by atoms with van der Waals surface area (Å²) in [5, 5.41) is 3.00. The third kappa shape index (κ3) is 5.25. The summed E-state index contributed by atoms with van der Waals surface area (Å²) in [5.74, 6) is -0.131. The molecule has 4 heteroatoms. The van der Waals surface area contributed by atoms with E-state index < -0.39 is 0 Å². The molecule has 0 radical (unpaired) electrons. The molecule has 0 fully saturated rings. The smallest absolute Gasteiger partial charge is 0.228 e. The molecule has 0 bridgehead atoms. The number of benzene rings is 1. The van der Waals surface area contributed by atoms with Crippen LogP contribution < -0.4 is 11.1 Å². The molecule has 1 atom stereocenters. The second kappa shape index (κ2) is 6.96. The van der Waals surface area contributed by atoms with Crippen molar-refractivity contribution in [3.8, 4) is 0 Å². The number of nitrogens with two attached hydrogens (primary N) is 1. The minimum Gasteiger partial charge on any atom is -0.330 e. The number of carbonyl (C=O) groups excluding carboxylic acids is 1. The summed E-state index contributed by atoms with van der Waals surface area (Å²) in [6.07, 6.45) is 2.79. The van der Waals surface area contributed by atoms with Crippen LogP contribution in [0.5, 0.6) is 0 Å². The number of hydrogen-bond acceptors (Lipinski definition) is 3. The summed E-state index contributed by atoms with van der Waals surface area (Å²) in [6, 6.07) is 7.82. The van der Waals surface area contributed by atoms with E-state index in [4.69, 9.17) is 5.73 Å². The third-order valence-corrected chi connectivity index (χ3v) is 3.67. The van der Waals surface area contributed by atoms with Crippen molar-refractivity contribution < 1.29 is 4.79 Å². The predicted molar refractivity (Wildman–Crippen MR) is 83.5 cm³/mol.